The summed E-state index contributed by atoms with van der Waals surface area (Å²) in [4.78, 5) is 107. The Kier molecular flexibility index (Phi) is 45.2. The Balaban J connectivity index is 0.000000821. The van der Waals surface area contributed by atoms with Gasteiger partial charge in [-0.2, -0.15) is 0 Å². The third-order valence-electron chi connectivity index (χ3n) is 16.9. The van der Waals surface area contributed by atoms with Gasteiger partial charge in [0.2, 0.25) is 0 Å². The van der Waals surface area contributed by atoms with Gasteiger partial charge in [-0.3, -0.25) is 19.2 Å². The summed E-state index contributed by atoms with van der Waals surface area (Å²) in [5.74, 6) is -7.72. The molecule has 0 spiro atoms. The molecule has 0 atom stereocenters. The Bertz CT molecular complexity index is 3380. The van der Waals surface area contributed by atoms with Crippen molar-refractivity contribution < 1.29 is 96.9 Å². The minimum atomic E-state index is -2.31. The molecule has 2 saturated heterocycles. The molecule has 0 bridgehead atoms. The van der Waals surface area contributed by atoms with Crippen LogP contribution in [0.1, 0.15) is 132 Å². The van der Waals surface area contributed by atoms with Crippen LogP contribution in [0.15, 0.2) is 72.8 Å². The molecule has 6 rings (SSSR count). The molecule has 2 aliphatic heterocycles. The normalized spacial score (nSPS) is 13.7. The molecule has 0 aromatic heterocycles. The molecule has 43 heteroatoms. The highest BCUT2D eigenvalue weighted by molar-refractivity contribution is 8.02. The molecule has 24 nitrogen and oxygen atoms in total. The molecule has 2 aliphatic rings. The number of rotatable bonds is 28. The van der Waals surface area contributed by atoms with Gasteiger partial charge < -0.3 is 78.2 Å². The Morgan fingerprint density at radius 2 is 0.731 bits per heavy atom. The Morgan fingerprint density at radius 3 is 1.00 bits per heavy atom. The van der Waals surface area contributed by atoms with Gasteiger partial charge in [-0.15, -0.1) is 22.2 Å². The van der Waals surface area contributed by atoms with Gasteiger partial charge in [0.1, 0.15) is 0 Å². The summed E-state index contributed by atoms with van der Waals surface area (Å²) in [7, 11) is 38.9. The Morgan fingerprint density at radius 1 is 0.462 bits per heavy atom. The average Bonchev–Trinajstić information content (AvgIpc) is 0.792. The van der Waals surface area contributed by atoms with Crippen LogP contribution in [0.3, 0.4) is 0 Å². The summed E-state index contributed by atoms with van der Waals surface area (Å²) < 4.78 is 24.4. The molecular formula is C61H86B14Cl2N4O20Si3. The van der Waals surface area contributed by atoms with Crippen LogP contribution in [-0.2, 0) is 17.7 Å². The van der Waals surface area contributed by atoms with Gasteiger partial charge >= 0.3 is 41.0 Å². The SMILES string of the molecule is C.CC[Si](Cl)(Cl)CC.CC[Si]1(CC)OCCN(C(=O)c2ccc(-c3ccc(C(=O)O)c(C(=O)N4CCO[Si](CC)(CC)OCC4)c3)cc2C(=O)O)CCO1.O=C(O)c1cc(-c2ccc(C(=O)O)c(C(=O)N(CCO)CCO)c2)ccc1C(=O)N(CCO)CCO.[B][B]B([B])B(B([B])[B])B([B])[B].[B][B][B]. The second-order valence-electron chi connectivity index (χ2n) is 23.2. The number of amides is 4. The molecule has 0 saturated carbocycles. The molecular weight excluding hydrogens is 1420 g/mol. The number of hydrogen-bond donors (Lipinski definition) is 8. The smallest absolute Gasteiger partial charge is 0.337 e. The standard InChI is InChI=1S/C32H44N2O10Si2.C24H28N2O10.C4H10Cl2Si.CH4.B11.B3/c1-5-45(6-2)41-17-13-33(14-18-42-45)29(35)25-11-9-24(22-28(25)32(39)40)23-10-12-26(31(37)38)27(21-23)30(36)34-15-19-43-46(7-3,8-4)44-20-16-34;27-9-5-25(6-10-28)21(31)17-3-1-16(14-20(17)24(35)36)15-2-4-18(23(33)34)19(13-15)22(32)26(7-11-29)8-12-30;1-3-7(5,6)4-2;;1-7-10(6)11(8(2)3)9(4)5;1-3-2/h9-12,21-22H,5-8,13-20H2,1-4H3,(H,37,38)(H,39,40);1-4,13-14,27-30H,5-12H2,(H,33,34)(H,35,36);3-4H2,1-2H3;1H4;;. The molecule has 538 valence electrons. The highest BCUT2D eigenvalue weighted by Gasteiger charge is 2.38. The van der Waals surface area contributed by atoms with Crippen LogP contribution in [0.25, 0.3) is 22.3 Å². The summed E-state index contributed by atoms with van der Waals surface area (Å²) in [5.41, 5.74) is -0.0524. The Labute approximate surface area is 637 Å². The van der Waals surface area contributed by atoms with Gasteiger partial charge in [-0.25, -0.2) is 19.2 Å². The van der Waals surface area contributed by atoms with Crippen LogP contribution in [0.4, 0.5) is 0 Å². The quantitative estimate of drug-likeness (QED) is 0.0299. The van der Waals surface area contributed by atoms with Crippen LogP contribution in [0.5, 0.6) is 0 Å². The van der Waals surface area contributed by atoms with E-state index in [1.165, 1.54) is 83.6 Å². The molecule has 18 radical (unpaired) electrons. The zero-order chi connectivity index (χ0) is 78.0. The van der Waals surface area contributed by atoms with E-state index in [4.69, 9.17) is 86.3 Å². The minimum absolute atomic E-state index is 0. The van der Waals surface area contributed by atoms with E-state index in [-0.39, 0.29) is 130 Å². The number of halogens is 2. The van der Waals surface area contributed by atoms with Crippen LogP contribution < -0.4 is 0 Å². The van der Waals surface area contributed by atoms with Crippen molar-refractivity contribution >= 4 is 195 Å². The molecule has 4 aromatic carbocycles. The van der Waals surface area contributed by atoms with Crippen molar-refractivity contribution in [1.29, 1.82) is 0 Å². The average molecular weight is 1500 g/mol. The number of carboxylic acids is 4. The van der Waals surface area contributed by atoms with E-state index in [0.717, 1.165) is 53.1 Å². The van der Waals surface area contributed by atoms with Crippen LogP contribution in [0, 0.1) is 0 Å². The van der Waals surface area contributed by atoms with E-state index in [9.17, 15) is 79.2 Å². The molecule has 2 heterocycles. The topological polar surface area (TPSA) is 348 Å². The summed E-state index contributed by atoms with van der Waals surface area (Å²) in [6, 6.07) is 21.6. The van der Waals surface area contributed by atoms with Gasteiger partial charge in [0.05, 0.1) is 97.4 Å². The van der Waals surface area contributed by atoms with E-state index in [1.807, 2.05) is 41.5 Å². The predicted molar refractivity (Wildman–Crippen MR) is 426 cm³/mol. The molecule has 104 heavy (non-hydrogen) atoms. The lowest BCUT2D eigenvalue weighted by Gasteiger charge is -2.34. The first-order valence-electron chi connectivity index (χ1n) is 33.4. The number of carbonyl (C=O) groups excluding carboxylic acids is 4. The number of carboxylic acid groups (broad SMARTS) is 4. The maximum Gasteiger partial charge on any atom is 0.337 e. The van der Waals surface area contributed by atoms with Crippen LogP contribution in [-0.4, -0.2) is 339 Å². The van der Waals surface area contributed by atoms with E-state index < -0.39 is 104 Å². The highest BCUT2D eigenvalue weighted by atomic mass is 35.7. The fourth-order valence-corrected chi connectivity index (χ4v) is 15.8. The summed E-state index contributed by atoms with van der Waals surface area (Å²) in [6.45, 7) is 10.8. The van der Waals surface area contributed by atoms with Crippen molar-refractivity contribution in [2.24, 2.45) is 0 Å². The maximum atomic E-state index is 13.7. The van der Waals surface area contributed by atoms with E-state index in [0.29, 0.717) is 43.0 Å². The molecule has 2 fully saturated rings. The first kappa shape index (κ1) is 96.5. The molecule has 4 amide bonds. The van der Waals surface area contributed by atoms with Crippen LogP contribution >= 0.6 is 22.2 Å². The zero-order valence-corrected chi connectivity index (χ0v) is 63.6. The second-order valence-corrected chi connectivity index (χ2v) is 38.9. The van der Waals surface area contributed by atoms with E-state index >= 15 is 0 Å². The number of carbonyl (C=O) groups is 8. The zero-order valence-electron chi connectivity index (χ0n) is 59.1. The summed E-state index contributed by atoms with van der Waals surface area (Å²) >= 11 is 11.6. The minimum Gasteiger partial charge on any atom is -0.478 e. The number of aromatic carboxylic acids is 4. The van der Waals surface area contributed by atoms with Crippen molar-refractivity contribution in [3.63, 3.8) is 0 Å². The number of hydrogen-bond acceptors (Lipinski definition) is 16. The number of aliphatic hydroxyl groups is 4. The fraction of sp³-hybridized carbons (Fsp3) is 0.475. The molecule has 4 aromatic rings. The lowest BCUT2D eigenvalue weighted by Crippen LogP contribution is -2.63. The fourth-order valence-electron chi connectivity index (χ4n) is 10.7. The monoisotopic (exact) mass is 1500 g/mol. The summed E-state index contributed by atoms with van der Waals surface area (Å²) in [5, 5.41) is 76.1. The van der Waals surface area contributed by atoms with Crippen molar-refractivity contribution in [3.8, 4) is 22.3 Å². The first-order valence-corrected chi connectivity index (χ1v) is 42.3. The van der Waals surface area contributed by atoms with Crippen LogP contribution in [0.2, 0.25) is 36.3 Å². The second kappa shape index (κ2) is 48.7. The third kappa shape index (κ3) is 28.9. The largest absolute Gasteiger partial charge is 0.478 e. The molecule has 0 unspecified atom stereocenters. The number of nitrogens with zero attached hydrogens (tertiary/aromatic N) is 4. The molecule has 0 aliphatic carbocycles. The van der Waals surface area contributed by atoms with Crippen molar-refractivity contribution in [2.45, 2.75) is 85.2 Å². The maximum absolute atomic E-state index is 13.7. The van der Waals surface area contributed by atoms with Gasteiger partial charge in [-0.05, 0) is 107 Å². The van der Waals surface area contributed by atoms with Gasteiger partial charge in [0, 0.05) is 154 Å². The van der Waals surface area contributed by atoms with Crippen molar-refractivity contribution in [3.05, 3.63) is 117 Å². The highest BCUT2D eigenvalue weighted by Crippen LogP contribution is 2.31. The first-order chi connectivity index (χ1) is 48.7. The van der Waals surface area contributed by atoms with Gasteiger partial charge in [0.25, 0.3) is 30.3 Å². The van der Waals surface area contributed by atoms with E-state index in [1.54, 1.807) is 6.07 Å². The predicted octanol–water partition coefficient (Wildman–Crippen LogP) is 2.55. The van der Waals surface area contributed by atoms with Gasteiger partial charge in [0.15, 0.2) is 0 Å². The third-order valence-corrected chi connectivity index (χ3v) is 29.4. The van der Waals surface area contributed by atoms with Gasteiger partial charge in [-0.1, -0.05) is 73.2 Å². The summed E-state index contributed by atoms with van der Waals surface area (Å²) in [6.07, 6.45) is -2.15. The van der Waals surface area contributed by atoms with E-state index in [2.05, 4.69) is 15.5 Å². The number of aliphatic hydroxyl groups excluding tert-OH is 4. The van der Waals surface area contributed by atoms with Crippen molar-refractivity contribution in [2.75, 3.05) is 105 Å². The molecule has 8 N–H and O–H groups in total. The number of benzene rings is 4. The van der Waals surface area contributed by atoms with Crippen molar-refractivity contribution in [1.82, 2.24) is 19.6 Å². The Hall–Kier alpha value is -5.54. The lowest BCUT2D eigenvalue weighted by molar-refractivity contribution is 0.0568. The lowest BCUT2D eigenvalue weighted by atomic mass is 8.56.